The minimum Gasteiger partial charge on any atom is -0.339 e. The summed E-state index contributed by atoms with van der Waals surface area (Å²) in [5, 5.41) is 7.67. The standard InChI is InChI=1S/C16H19N3O/c1-2-6-11(5-1)15-18-16(20-19-15)14-10-17-9-12-7-3-4-8-13(12)14/h3-4,7-8,11,14,17H,1-2,5-6,9-10H2. The van der Waals surface area contributed by atoms with E-state index < -0.39 is 0 Å². The molecule has 1 aromatic carbocycles. The molecule has 104 valence electrons. The van der Waals surface area contributed by atoms with E-state index in [1.165, 1.54) is 36.8 Å². The van der Waals surface area contributed by atoms with Crippen LogP contribution in [-0.2, 0) is 6.54 Å². The monoisotopic (exact) mass is 269 g/mol. The fraction of sp³-hybridized carbons (Fsp3) is 0.500. The molecule has 0 bridgehead atoms. The van der Waals surface area contributed by atoms with Gasteiger partial charge in [0.2, 0.25) is 5.89 Å². The maximum absolute atomic E-state index is 5.57. The lowest BCUT2D eigenvalue weighted by molar-refractivity contribution is 0.349. The van der Waals surface area contributed by atoms with E-state index in [2.05, 4.69) is 34.7 Å². The van der Waals surface area contributed by atoms with Gasteiger partial charge in [-0.15, -0.1) is 0 Å². The Morgan fingerprint density at radius 3 is 2.90 bits per heavy atom. The highest BCUT2D eigenvalue weighted by molar-refractivity contribution is 5.35. The Hall–Kier alpha value is -1.68. The molecule has 4 rings (SSSR count). The van der Waals surface area contributed by atoms with Crippen LogP contribution in [0.5, 0.6) is 0 Å². The van der Waals surface area contributed by atoms with Gasteiger partial charge in [0.1, 0.15) is 0 Å². The van der Waals surface area contributed by atoms with Crippen molar-refractivity contribution in [2.24, 2.45) is 0 Å². The van der Waals surface area contributed by atoms with E-state index in [9.17, 15) is 0 Å². The summed E-state index contributed by atoms with van der Waals surface area (Å²) in [4.78, 5) is 4.70. The third-order valence-corrected chi connectivity index (χ3v) is 4.57. The molecular formula is C16H19N3O. The van der Waals surface area contributed by atoms with E-state index in [-0.39, 0.29) is 5.92 Å². The predicted octanol–water partition coefficient (Wildman–Crippen LogP) is 2.96. The molecule has 0 spiro atoms. The average Bonchev–Trinajstić information content (AvgIpc) is 3.17. The second-order valence-corrected chi connectivity index (χ2v) is 5.85. The van der Waals surface area contributed by atoms with Crippen LogP contribution in [0.2, 0.25) is 0 Å². The first-order valence-electron chi connectivity index (χ1n) is 7.54. The molecule has 1 fully saturated rings. The normalized spacial score (nSPS) is 22.9. The Morgan fingerprint density at radius 2 is 2.00 bits per heavy atom. The highest BCUT2D eigenvalue weighted by Crippen LogP contribution is 2.34. The second kappa shape index (κ2) is 5.02. The molecule has 2 heterocycles. The Morgan fingerprint density at radius 1 is 1.15 bits per heavy atom. The van der Waals surface area contributed by atoms with Gasteiger partial charge in [0, 0.05) is 19.0 Å². The first kappa shape index (κ1) is 12.1. The molecule has 2 aromatic rings. The highest BCUT2D eigenvalue weighted by atomic mass is 16.5. The summed E-state index contributed by atoms with van der Waals surface area (Å²) in [6, 6.07) is 8.52. The molecule has 1 unspecified atom stereocenters. The molecule has 1 aliphatic carbocycles. The lowest BCUT2D eigenvalue weighted by Gasteiger charge is -2.23. The zero-order chi connectivity index (χ0) is 13.4. The number of nitrogens with zero attached hydrogens (tertiary/aromatic N) is 2. The van der Waals surface area contributed by atoms with E-state index in [1.807, 2.05) is 0 Å². The van der Waals surface area contributed by atoms with Crippen LogP contribution in [-0.4, -0.2) is 16.7 Å². The molecule has 1 N–H and O–H groups in total. The Bertz CT molecular complexity index is 601. The molecule has 4 nitrogen and oxygen atoms in total. The first-order valence-corrected chi connectivity index (χ1v) is 7.54. The first-order chi connectivity index (χ1) is 9.92. The van der Waals surface area contributed by atoms with Crippen LogP contribution in [0.25, 0.3) is 0 Å². The van der Waals surface area contributed by atoms with Crippen molar-refractivity contribution in [2.45, 2.75) is 44.1 Å². The fourth-order valence-corrected chi connectivity index (χ4v) is 3.46. The van der Waals surface area contributed by atoms with Crippen molar-refractivity contribution in [1.82, 2.24) is 15.5 Å². The van der Waals surface area contributed by atoms with Crippen molar-refractivity contribution in [3.63, 3.8) is 0 Å². The minimum absolute atomic E-state index is 0.197. The van der Waals surface area contributed by atoms with Gasteiger partial charge in [-0.05, 0) is 24.0 Å². The SMILES string of the molecule is c1ccc2c(c1)CNCC2c1nc(C2CCCC2)no1. The third kappa shape index (κ3) is 2.04. The summed E-state index contributed by atoms with van der Waals surface area (Å²) in [5.74, 6) is 2.40. The van der Waals surface area contributed by atoms with Crippen LogP contribution in [0, 0.1) is 0 Å². The van der Waals surface area contributed by atoms with Crippen molar-refractivity contribution in [3.8, 4) is 0 Å². The van der Waals surface area contributed by atoms with Crippen LogP contribution >= 0.6 is 0 Å². The van der Waals surface area contributed by atoms with Crippen LogP contribution in [0.1, 0.15) is 60.4 Å². The van der Waals surface area contributed by atoms with Gasteiger partial charge in [0.15, 0.2) is 5.82 Å². The molecule has 20 heavy (non-hydrogen) atoms. The number of hydrogen-bond donors (Lipinski definition) is 1. The van der Waals surface area contributed by atoms with Crippen LogP contribution in [0.4, 0.5) is 0 Å². The zero-order valence-electron chi connectivity index (χ0n) is 11.5. The van der Waals surface area contributed by atoms with E-state index in [4.69, 9.17) is 9.51 Å². The molecule has 0 radical (unpaired) electrons. The Kier molecular flexibility index (Phi) is 3.03. The van der Waals surface area contributed by atoms with E-state index >= 15 is 0 Å². The number of nitrogens with one attached hydrogen (secondary N) is 1. The molecule has 2 aliphatic rings. The largest absolute Gasteiger partial charge is 0.339 e. The molecule has 4 heteroatoms. The topological polar surface area (TPSA) is 51.0 Å². The van der Waals surface area contributed by atoms with Crippen molar-refractivity contribution in [2.75, 3.05) is 6.54 Å². The van der Waals surface area contributed by atoms with Crippen molar-refractivity contribution < 1.29 is 4.52 Å². The lowest BCUT2D eigenvalue weighted by Crippen LogP contribution is -2.28. The summed E-state index contributed by atoms with van der Waals surface area (Å²) >= 11 is 0. The van der Waals surface area contributed by atoms with Gasteiger partial charge < -0.3 is 9.84 Å². The number of fused-ring (bicyclic) bond motifs is 1. The van der Waals surface area contributed by atoms with Gasteiger partial charge in [0.25, 0.3) is 0 Å². The number of rotatable bonds is 2. The molecule has 1 saturated carbocycles. The van der Waals surface area contributed by atoms with Gasteiger partial charge in [-0.2, -0.15) is 4.98 Å². The Labute approximate surface area is 118 Å². The zero-order valence-corrected chi connectivity index (χ0v) is 11.5. The number of hydrogen-bond acceptors (Lipinski definition) is 4. The van der Waals surface area contributed by atoms with Crippen LogP contribution in [0.3, 0.4) is 0 Å². The quantitative estimate of drug-likeness (QED) is 0.910. The summed E-state index contributed by atoms with van der Waals surface area (Å²) in [7, 11) is 0. The van der Waals surface area contributed by atoms with Crippen LogP contribution < -0.4 is 5.32 Å². The maximum Gasteiger partial charge on any atom is 0.235 e. The average molecular weight is 269 g/mol. The second-order valence-electron chi connectivity index (χ2n) is 5.85. The molecule has 0 saturated heterocycles. The third-order valence-electron chi connectivity index (χ3n) is 4.57. The molecular weight excluding hydrogens is 250 g/mol. The smallest absolute Gasteiger partial charge is 0.235 e. The van der Waals surface area contributed by atoms with Crippen LogP contribution in [0.15, 0.2) is 28.8 Å². The highest BCUT2D eigenvalue weighted by Gasteiger charge is 2.28. The summed E-state index contributed by atoms with van der Waals surface area (Å²) in [6.07, 6.45) is 5.00. The predicted molar refractivity (Wildman–Crippen MR) is 75.5 cm³/mol. The van der Waals surface area contributed by atoms with Gasteiger partial charge >= 0.3 is 0 Å². The summed E-state index contributed by atoms with van der Waals surface area (Å²) in [5.41, 5.74) is 2.66. The Balaban J connectivity index is 1.65. The maximum atomic E-state index is 5.57. The summed E-state index contributed by atoms with van der Waals surface area (Å²) < 4.78 is 5.57. The van der Waals surface area contributed by atoms with Gasteiger partial charge in [0.05, 0.1) is 5.92 Å². The van der Waals surface area contributed by atoms with Crippen molar-refractivity contribution >= 4 is 0 Å². The lowest BCUT2D eigenvalue weighted by atomic mass is 9.91. The van der Waals surface area contributed by atoms with Gasteiger partial charge in [-0.25, -0.2) is 0 Å². The van der Waals surface area contributed by atoms with E-state index in [0.29, 0.717) is 5.92 Å². The molecule has 1 aromatic heterocycles. The number of aromatic nitrogens is 2. The minimum atomic E-state index is 0.197. The fourth-order valence-electron chi connectivity index (χ4n) is 3.46. The molecule has 1 atom stereocenters. The number of benzene rings is 1. The van der Waals surface area contributed by atoms with Gasteiger partial charge in [-0.3, -0.25) is 0 Å². The van der Waals surface area contributed by atoms with Crippen molar-refractivity contribution in [3.05, 3.63) is 47.1 Å². The summed E-state index contributed by atoms with van der Waals surface area (Å²) in [6.45, 7) is 1.81. The van der Waals surface area contributed by atoms with E-state index in [1.54, 1.807) is 0 Å². The molecule has 1 aliphatic heterocycles. The van der Waals surface area contributed by atoms with Crippen molar-refractivity contribution in [1.29, 1.82) is 0 Å². The van der Waals surface area contributed by atoms with Gasteiger partial charge in [-0.1, -0.05) is 42.3 Å². The van der Waals surface area contributed by atoms with E-state index in [0.717, 1.165) is 24.8 Å². The molecule has 0 amide bonds.